The summed E-state index contributed by atoms with van der Waals surface area (Å²) in [6.45, 7) is 9.88. The summed E-state index contributed by atoms with van der Waals surface area (Å²) in [6.07, 6.45) is 8.49. The Labute approximate surface area is 128 Å². The highest BCUT2D eigenvalue weighted by molar-refractivity contribution is 5.62. The summed E-state index contributed by atoms with van der Waals surface area (Å²) < 4.78 is 0. The van der Waals surface area contributed by atoms with Crippen molar-refractivity contribution >= 4 is 5.69 Å². The van der Waals surface area contributed by atoms with Gasteiger partial charge in [-0.25, -0.2) is 0 Å². The van der Waals surface area contributed by atoms with Crippen molar-refractivity contribution in [3.8, 4) is 0 Å². The van der Waals surface area contributed by atoms with Crippen LogP contribution in [0, 0.1) is 20.8 Å². The van der Waals surface area contributed by atoms with E-state index in [1.807, 2.05) is 0 Å². The molecule has 1 aromatic carbocycles. The molecule has 1 aromatic rings. The molecule has 1 fully saturated rings. The predicted molar refractivity (Wildman–Crippen MR) is 89.5 cm³/mol. The van der Waals surface area contributed by atoms with Gasteiger partial charge in [0, 0.05) is 30.7 Å². The monoisotopic (exact) mass is 285 g/mol. The van der Waals surface area contributed by atoms with Crippen LogP contribution in [-0.4, -0.2) is 30.7 Å². The van der Waals surface area contributed by atoms with Crippen LogP contribution in [0.15, 0.2) is 24.5 Å². The molecule has 114 valence electrons. The third-order valence-electron chi connectivity index (χ3n) is 4.58. The van der Waals surface area contributed by atoms with Crippen molar-refractivity contribution in [2.75, 3.05) is 24.7 Å². The van der Waals surface area contributed by atoms with Gasteiger partial charge in [0.25, 0.3) is 0 Å². The van der Waals surface area contributed by atoms with Gasteiger partial charge in [-0.3, -0.25) is 0 Å². The van der Waals surface area contributed by atoms with Gasteiger partial charge in [0.05, 0.1) is 6.67 Å². The number of piperidine rings is 1. The van der Waals surface area contributed by atoms with Gasteiger partial charge >= 0.3 is 0 Å². The molecule has 2 aliphatic heterocycles. The van der Waals surface area contributed by atoms with Crippen molar-refractivity contribution < 1.29 is 0 Å². The van der Waals surface area contributed by atoms with Crippen LogP contribution < -0.4 is 10.2 Å². The Morgan fingerprint density at radius 3 is 2.52 bits per heavy atom. The first kappa shape index (κ1) is 14.5. The first-order valence-electron chi connectivity index (χ1n) is 8.14. The molecule has 1 unspecified atom stereocenters. The molecule has 0 aliphatic carbocycles. The molecule has 1 N–H and O–H groups in total. The van der Waals surface area contributed by atoms with E-state index in [0.29, 0.717) is 6.04 Å². The van der Waals surface area contributed by atoms with Crippen LogP contribution in [0.25, 0.3) is 0 Å². The Hall–Kier alpha value is -1.48. The molecule has 0 saturated carbocycles. The lowest BCUT2D eigenvalue weighted by Crippen LogP contribution is -2.42. The maximum atomic E-state index is 3.64. The maximum Gasteiger partial charge on any atom is 0.0942 e. The minimum Gasteiger partial charge on any atom is -0.357 e. The van der Waals surface area contributed by atoms with Gasteiger partial charge in [-0.2, -0.15) is 0 Å². The van der Waals surface area contributed by atoms with E-state index in [9.17, 15) is 0 Å². The normalized spacial score (nSPS) is 22.1. The number of hydrogen-bond acceptors (Lipinski definition) is 3. The van der Waals surface area contributed by atoms with Crippen LogP contribution in [0.4, 0.5) is 5.69 Å². The molecule has 21 heavy (non-hydrogen) atoms. The molecule has 0 radical (unpaired) electrons. The first-order chi connectivity index (χ1) is 10.1. The number of nitrogens with zero attached hydrogens (tertiary/aromatic N) is 2. The Balaban J connectivity index is 1.66. The molecule has 0 amide bonds. The molecular weight excluding hydrogens is 258 g/mol. The van der Waals surface area contributed by atoms with Crippen molar-refractivity contribution in [3.05, 3.63) is 41.2 Å². The van der Waals surface area contributed by atoms with E-state index < -0.39 is 0 Å². The second kappa shape index (κ2) is 6.10. The average molecular weight is 285 g/mol. The van der Waals surface area contributed by atoms with Crippen LogP contribution in [0.3, 0.4) is 0 Å². The quantitative estimate of drug-likeness (QED) is 0.919. The molecule has 0 bridgehead atoms. The van der Waals surface area contributed by atoms with Crippen LogP contribution >= 0.6 is 0 Å². The van der Waals surface area contributed by atoms with Gasteiger partial charge in [0.15, 0.2) is 0 Å². The summed E-state index contributed by atoms with van der Waals surface area (Å²) in [4.78, 5) is 4.81. The number of benzene rings is 1. The minimum atomic E-state index is 0.656. The zero-order chi connectivity index (χ0) is 14.8. The molecule has 0 spiro atoms. The number of anilines is 1. The van der Waals surface area contributed by atoms with Crippen LogP contribution in [0.1, 0.15) is 36.0 Å². The largest absolute Gasteiger partial charge is 0.357 e. The molecule has 1 saturated heterocycles. The number of aryl methyl sites for hydroxylation is 3. The van der Waals surface area contributed by atoms with Crippen molar-refractivity contribution in [2.24, 2.45) is 0 Å². The summed E-state index contributed by atoms with van der Waals surface area (Å²) in [5, 5.41) is 3.64. The first-order valence-corrected chi connectivity index (χ1v) is 8.14. The number of nitrogens with one attached hydrogen (secondary N) is 1. The molecule has 3 heteroatoms. The van der Waals surface area contributed by atoms with E-state index >= 15 is 0 Å². The molecular formula is C18H27N3. The van der Waals surface area contributed by atoms with Crippen LogP contribution in [0.5, 0.6) is 0 Å². The fourth-order valence-electron chi connectivity index (χ4n) is 3.72. The molecule has 2 heterocycles. The minimum absolute atomic E-state index is 0.656. The van der Waals surface area contributed by atoms with Crippen LogP contribution in [-0.2, 0) is 0 Å². The van der Waals surface area contributed by atoms with E-state index in [-0.39, 0.29) is 0 Å². The second-order valence-corrected chi connectivity index (χ2v) is 6.57. The smallest absolute Gasteiger partial charge is 0.0942 e. The van der Waals surface area contributed by atoms with E-state index in [0.717, 1.165) is 13.2 Å². The lowest BCUT2D eigenvalue weighted by molar-refractivity contribution is 0.299. The maximum absolute atomic E-state index is 3.64. The number of rotatable bonds is 3. The lowest BCUT2D eigenvalue weighted by atomic mass is 10.0. The third-order valence-corrected chi connectivity index (χ3v) is 4.58. The molecule has 3 nitrogen and oxygen atoms in total. The van der Waals surface area contributed by atoms with Crippen molar-refractivity contribution in [2.45, 2.75) is 46.1 Å². The van der Waals surface area contributed by atoms with Gasteiger partial charge in [0.1, 0.15) is 0 Å². The summed E-state index contributed by atoms with van der Waals surface area (Å²) in [6, 6.07) is 5.21. The highest BCUT2D eigenvalue weighted by atomic mass is 15.3. The van der Waals surface area contributed by atoms with Crippen molar-refractivity contribution in [1.82, 2.24) is 10.2 Å². The van der Waals surface area contributed by atoms with E-state index in [2.05, 4.69) is 60.4 Å². The predicted octanol–water partition coefficient (Wildman–Crippen LogP) is 3.30. The van der Waals surface area contributed by atoms with Crippen molar-refractivity contribution in [1.29, 1.82) is 0 Å². The Kier molecular flexibility index (Phi) is 4.20. The SMILES string of the molecule is Cc1cc(C)c(N2C=CN(CC3CCCCN3)C2)c(C)c1. The second-order valence-electron chi connectivity index (χ2n) is 6.57. The highest BCUT2D eigenvalue weighted by Crippen LogP contribution is 2.29. The Bertz CT molecular complexity index is 506. The van der Waals surface area contributed by atoms with E-state index in [1.54, 1.807) is 0 Å². The highest BCUT2D eigenvalue weighted by Gasteiger charge is 2.21. The zero-order valence-corrected chi connectivity index (χ0v) is 13.5. The fourth-order valence-corrected chi connectivity index (χ4v) is 3.72. The summed E-state index contributed by atoms with van der Waals surface area (Å²) in [5.74, 6) is 0. The molecule has 2 aliphatic rings. The van der Waals surface area contributed by atoms with Gasteiger partial charge in [-0.05, 0) is 51.3 Å². The third kappa shape index (κ3) is 3.24. The van der Waals surface area contributed by atoms with Gasteiger partial charge in [-0.15, -0.1) is 0 Å². The molecule has 0 aromatic heterocycles. The molecule has 3 rings (SSSR count). The van der Waals surface area contributed by atoms with Crippen molar-refractivity contribution in [3.63, 3.8) is 0 Å². The zero-order valence-electron chi connectivity index (χ0n) is 13.5. The molecule has 1 atom stereocenters. The fraction of sp³-hybridized carbons (Fsp3) is 0.556. The summed E-state index contributed by atoms with van der Waals surface area (Å²) in [5.41, 5.74) is 5.46. The summed E-state index contributed by atoms with van der Waals surface area (Å²) >= 11 is 0. The standard InChI is InChI=1S/C18H27N3/c1-14-10-15(2)18(16(3)11-14)21-9-8-20(13-21)12-17-6-4-5-7-19-17/h8-11,17,19H,4-7,12-13H2,1-3H3. The van der Waals surface area contributed by atoms with Gasteiger partial charge < -0.3 is 15.1 Å². The Morgan fingerprint density at radius 1 is 1.10 bits per heavy atom. The average Bonchev–Trinajstić information content (AvgIpc) is 2.87. The van der Waals surface area contributed by atoms with Gasteiger partial charge in [-0.1, -0.05) is 24.1 Å². The van der Waals surface area contributed by atoms with Crippen LogP contribution in [0.2, 0.25) is 0 Å². The van der Waals surface area contributed by atoms with Gasteiger partial charge in [0.2, 0.25) is 0 Å². The topological polar surface area (TPSA) is 18.5 Å². The van der Waals surface area contributed by atoms with E-state index in [4.69, 9.17) is 0 Å². The van der Waals surface area contributed by atoms with E-state index in [1.165, 1.54) is 48.2 Å². The number of hydrogen-bond donors (Lipinski definition) is 1. The summed E-state index contributed by atoms with van der Waals surface area (Å²) in [7, 11) is 0. The Morgan fingerprint density at radius 2 is 1.86 bits per heavy atom. The lowest BCUT2D eigenvalue weighted by Gasteiger charge is -2.30.